The second-order valence-corrected chi connectivity index (χ2v) is 7.42. The van der Waals surface area contributed by atoms with Crippen LogP contribution in [0.25, 0.3) is 0 Å². The van der Waals surface area contributed by atoms with Gasteiger partial charge >= 0.3 is 0 Å². The largest absolute Gasteiger partial charge is 0.311 e. The number of hydrogen-bond donors (Lipinski definition) is 1. The molecule has 0 amide bonds. The van der Waals surface area contributed by atoms with Gasteiger partial charge in [0.1, 0.15) is 5.78 Å². The van der Waals surface area contributed by atoms with Crippen LogP contribution in [0.15, 0.2) is 0 Å². The number of rotatable bonds is 19. The predicted octanol–water partition coefficient (Wildman–Crippen LogP) is 6.82. The van der Waals surface area contributed by atoms with Gasteiger partial charge in [0.25, 0.3) is 0 Å². The average molecular weight is 340 g/mol. The molecule has 1 atom stereocenters. The first-order valence-electron chi connectivity index (χ1n) is 11.0. The lowest BCUT2D eigenvalue weighted by atomic mass is 10.0. The molecule has 0 aromatic carbocycles. The number of carbonyl (C=O) groups excluding carboxylic acids is 1. The molecule has 0 fully saturated rings. The number of likely N-dealkylation sites (N-methyl/N-ethyl adjacent to an activating group) is 1. The summed E-state index contributed by atoms with van der Waals surface area (Å²) in [4.78, 5) is 11.9. The van der Waals surface area contributed by atoms with Gasteiger partial charge in [-0.2, -0.15) is 0 Å². The van der Waals surface area contributed by atoms with E-state index < -0.39 is 0 Å². The Morgan fingerprint density at radius 3 is 1.38 bits per heavy atom. The molecule has 0 saturated carbocycles. The third-order valence-electron chi connectivity index (χ3n) is 5.17. The van der Waals surface area contributed by atoms with Gasteiger partial charge in [0.15, 0.2) is 0 Å². The summed E-state index contributed by atoms with van der Waals surface area (Å²) in [6, 6.07) is 0.0802. The lowest BCUT2D eigenvalue weighted by molar-refractivity contribution is -0.121. The molecule has 0 aliphatic rings. The lowest BCUT2D eigenvalue weighted by Crippen LogP contribution is -2.33. The highest BCUT2D eigenvalue weighted by Crippen LogP contribution is 2.14. The minimum Gasteiger partial charge on any atom is -0.311 e. The SMILES string of the molecule is CCCCCCCCCCCCCCCCCC(=O)C(CC)NC. The van der Waals surface area contributed by atoms with Crippen LogP contribution in [-0.4, -0.2) is 18.9 Å². The van der Waals surface area contributed by atoms with E-state index in [1.807, 2.05) is 7.05 Å². The average Bonchev–Trinajstić information content (AvgIpc) is 2.59. The fourth-order valence-electron chi connectivity index (χ4n) is 3.44. The van der Waals surface area contributed by atoms with Gasteiger partial charge in [-0.25, -0.2) is 0 Å². The van der Waals surface area contributed by atoms with Gasteiger partial charge < -0.3 is 5.32 Å². The Bertz CT molecular complexity index is 261. The fraction of sp³-hybridized carbons (Fsp3) is 0.955. The van der Waals surface area contributed by atoms with E-state index in [2.05, 4.69) is 19.2 Å². The zero-order chi connectivity index (χ0) is 17.9. The summed E-state index contributed by atoms with van der Waals surface area (Å²) in [5.41, 5.74) is 0. The van der Waals surface area contributed by atoms with Gasteiger partial charge in [-0.15, -0.1) is 0 Å². The molecule has 2 nitrogen and oxygen atoms in total. The van der Waals surface area contributed by atoms with E-state index in [9.17, 15) is 4.79 Å². The summed E-state index contributed by atoms with van der Waals surface area (Å²) < 4.78 is 0. The number of ketones is 1. The minimum atomic E-state index is 0.0802. The molecule has 24 heavy (non-hydrogen) atoms. The van der Waals surface area contributed by atoms with Gasteiger partial charge in [0.05, 0.1) is 6.04 Å². The van der Waals surface area contributed by atoms with Gasteiger partial charge in [-0.1, -0.05) is 104 Å². The third-order valence-corrected chi connectivity index (χ3v) is 5.17. The topological polar surface area (TPSA) is 29.1 Å². The van der Waals surface area contributed by atoms with Crippen molar-refractivity contribution in [3.05, 3.63) is 0 Å². The van der Waals surface area contributed by atoms with Crippen molar-refractivity contribution in [1.29, 1.82) is 0 Å². The normalized spacial score (nSPS) is 12.5. The molecule has 0 aliphatic carbocycles. The number of carbonyl (C=O) groups is 1. The molecule has 0 heterocycles. The van der Waals surface area contributed by atoms with E-state index in [0.29, 0.717) is 5.78 Å². The summed E-state index contributed by atoms with van der Waals surface area (Å²) in [5, 5.41) is 3.10. The standard InChI is InChI=1S/C22H45NO/c1-4-6-7-8-9-10-11-12-13-14-15-16-17-18-19-20-22(24)21(5-2)23-3/h21,23H,4-20H2,1-3H3. The Kier molecular flexibility index (Phi) is 18.7. The second-order valence-electron chi connectivity index (χ2n) is 7.42. The molecule has 0 saturated heterocycles. The Morgan fingerprint density at radius 2 is 1.04 bits per heavy atom. The fourth-order valence-corrected chi connectivity index (χ4v) is 3.44. The summed E-state index contributed by atoms with van der Waals surface area (Å²) in [5.74, 6) is 0.398. The number of Topliss-reactive ketones (excluding diaryl/α,β-unsaturated/α-hetero) is 1. The van der Waals surface area contributed by atoms with E-state index in [0.717, 1.165) is 19.3 Å². The smallest absolute Gasteiger partial charge is 0.149 e. The molecule has 0 radical (unpaired) electrons. The molecule has 0 aromatic heterocycles. The first-order chi connectivity index (χ1) is 11.8. The maximum absolute atomic E-state index is 11.9. The highest BCUT2D eigenvalue weighted by molar-refractivity contribution is 5.83. The van der Waals surface area contributed by atoms with E-state index in [4.69, 9.17) is 0 Å². The van der Waals surface area contributed by atoms with Crippen molar-refractivity contribution >= 4 is 5.78 Å². The monoisotopic (exact) mass is 339 g/mol. The van der Waals surface area contributed by atoms with E-state index >= 15 is 0 Å². The number of nitrogens with one attached hydrogen (secondary N) is 1. The molecular weight excluding hydrogens is 294 g/mol. The van der Waals surface area contributed by atoms with Crippen LogP contribution in [0.1, 0.15) is 123 Å². The van der Waals surface area contributed by atoms with E-state index in [-0.39, 0.29) is 6.04 Å². The molecule has 0 aliphatic heterocycles. The molecule has 144 valence electrons. The van der Waals surface area contributed by atoms with Crippen molar-refractivity contribution in [1.82, 2.24) is 5.32 Å². The van der Waals surface area contributed by atoms with Crippen molar-refractivity contribution in [3.8, 4) is 0 Å². The first kappa shape index (κ1) is 23.6. The number of unbranched alkanes of at least 4 members (excludes halogenated alkanes) is 14. The van der Waals surface area contributed by atoms with Crippen LogP contribution >= 0.6 is 0 Å². The van der Waals surface area contributed by atoms with Gasteiger partial charge in [-0.05, 0) is 19.9 Å². The maximum Gasteiger partial charge on any atom is 0.149 e. The molecule has 1 N–H and O–H groups in total. The van der Waals surface area contributed by atoms with Crippen molar-refractivity contribution in [3.63, 3.8) is 0 Å². The Morgan fingerprint density at radius 1 is 0.667 bits per heavy atom. The van der Waals surface area contributed by atoms with Crippen LogP contribution < -0.4 is 5.32 Å². The van der Waals surface area contributed by atoms with Gasteiger partial charge in [-0.3, -0.25) is 4.79 Å². The van der Waals surface area contributed by atoms with Crippen LogP contribution in [0.4, 0.5) is 0 Å². The molecule has 1 unspecified atom stereocenters. The Balaban J connectivity index is 3.16. The van der Waals surface area contributed by atoms with Crippen LogP contribution in [0.2, 0.25) is 0 Å². The zero-order valence-electron chi connectivity index (χ0n) is 17.0. The molecule has 0 bridgehead atoms. The summed E-state index contributed by atoms with van der Waals surface area (Å²) in [7, 11) is 1.89. The summed E-state index contributed by atoms with van der Waals surface area (Å²) in [6.45, 7) is 4.36. The maximum atomic E-state index is 11.9. The molecule has 0 rings (SSSR count). The third kappa shape index (κ3) is 15.2. The van der Waals surface area contributed by atoms with Crippen LogP contribution in [0.3, 0.4) is 0 Å². The van der Waals surface area contributed by atoms with Crippen molar-refractivity contribution in [2.75, 3.05) is 7.05 Å². The van der Waals surface area contributed by atoms with Gasteiger partial charge in [0.2, 0.25) is 0 Å². The second kappa shape index (κ2) is 19.0. The Labute approximate surface area is 152 Å². The molecule has 0 spiro atoms. The zero-order valence-corrected chi connectivity index (χ0v) is 17.0. The summed E-state index contributed by atoms with van der Waals surface area (Å²) in [6.07, 6.45) is 22.3. The lowest BCUT2D eigenvalue weighted by Gasteiger charge is -2.11. The molecule has 0 aromatic rings. The highest BCUT2D eigenvalue weighted by atomic mass is 16.1. The van der Waals surface area contributed by atoms with Crippen molar-refractivity contribution in [2.24, 2.45) is 0 Å². The van der Waals surface area contributed by atoms with Crippen LogP contribution in [-0.2, 0) is 4.79 Å². The van der Waals surface area contributed by atoms with Crippen LogP contribution in [0.5, 0.6) is 0 Å². The minimum absolute atomic E-state index is 0.0802. The van der Waals surface area contributed by atoms with Crippen molar-refractivity contribution < 1.29 is 4.79 Å². The Hall–Kier alpha value is -0.370. The van der Waals surface area contributed by atoms with E-state index in [1.54, 1.807) is 0 Å². The van der Waals surface area contributed by atoms with Crippen molar-refractivity contribution in [2.45, 2.75) is 129 Å². The molecular formula is C22H45NO. The predicted molar refractivity (Wildman–Crippen MR) is 108 cm³/mol. The van der Waals surface area contributed by atoms with Crippen LogP contribution in [0, 0.1) is 0 Å². The van der Waals surface area contributed by atoms with E-state index in [1.165, 1.54) is 89.9 Å². The summed E-state index contributed by atoms with van der Waals surface area (Å²) >= 11 is 0. The number of hydrogen-bond acceptors (Lipinski definition) is 2. The highest BCUT2D eigenvalue weighted by Gasteiger charge is 2.12. The quantitative estimate of drug-likeness (QED) is 0.262. The van der Waals surface area contributed by atoms with Gasteiger partial charge in [0, 0.05) is 6.42 Å². The molecule has 2 heteroatoms. The first-order valence-corrected chi connectivity index (χ1v) is 11.0.